The number of carbonyl (C=O) groups excluding carboxylic acids is 1. The molecule has 5 heterocycles. The lowest BCUT2D eigenvalue weighted by atomic mass is 9.92. The SMILES string of the molecule is CC(C)C.CC(C)C.CC(C)C.CC(C)C.CC(C)C.O=C1COc2ccccc2N1.O=c1[nH]cnc2nc[nH]c12.O=c1[nH]ncc2ccccc12.O=c1ccc2ccccc2[nH]1.c1ccc2c(c1)CC1=C2CCCC1. The molecule has 1 aliphatic heterocycles. The van der Waals surface area contributed by atoms with E-state index in [-0.39, 0.29) is 29.2 Å². The van der Waals surface area contributed by atoms with E-state index < -0.39 is 0 Å². The van der Waals surface area contributed by atoms with Crippen LogP contribution in [-0.2, 0) is 11.2 Å². The molecule has 0 atom stereocenters. The largest absolute Gasteiger partial charge is 0.482 e. The number of pyridine rings is 1. The van der Waals surface area contributed by atoms with E-state index >= 15 is 0 Å². The maximum Gasteiger partial charge on any atom is 0.276 e. The average Bonchev–Trinajstić information content (AvgIpc) is 4.01. The molecular formula is C63H88N8O5. The summed E-state index contributed by atoms with van der Waals surface area (Å²) < 4.78 is 5.12. The van der Waals surface area contributed by atoms with Crippen LogP contribution in [0.4, 0.5) is 5.69 Å². The summed E-state index contributed by atoms with van der Waals surface area (Å²) in [6.07, 6.45) is 11.1. The fourth-order valence-electron chi connectivity index (χ4n) is 6.62. The lowest BCUT2D eigenvalue weighted by Gasteiger charge is -2.16. The molecule has 0 radical (unpaired) electrons. The maximum atomic E-state index is 11.1. The fourth-order valence-corrected chi connectivity index (χ4v) is 6.62. The average molecular weight is 1040 g/mol. The van der Waals surface area contributed by atoms with Crippen molar-refractivity contribution >= 4 is 50.0 Å². The standard InChI is InChI=1S/C13H14.C9H7NO.C8H6N2O.C8H7NO2.C5H4N4O.5C4H10/c1-3-7-12-10(5-1)9-11-6-2-4-8-13(11)12;11-9-6-5-7-3-1-2-4-8(7)10-9;11-8-7-4-2-1-3-6(7)5-9-10-8;10-8-5-11-7-4-2-1-3-6(7)9-8;10-5-3-4(7-1-6-3)8-2-9-5;5*1-4(2)3/h1,3,5,7H,2,4,6,8-9H2;1-6H,(H,10,11);1-5H,(H,10,11);1-4H,5H2,(H,9,10);1-2H,(H2,6,7,8,9,10);5*4H,1-3H3. The molecule has 76 heavy (non-hydrogen) atoms. The summed E-state index contributed by atoms with van der Waals surface area (Å²) in [6, 6.07) is 34.7. The number of amides is 1. The van der Waals surface area contributed by atoms with Gasteiger partial charge < -0.3 is 25.0 Å². The number of imidazole rings is 1. The second-order valence-electron chi connectivity index (χ2n) is 21.6. The van der Waals surface area contributed by atoms with E-state index in [1.807, 2.05) is 72.8 Å². The molecule has 2 aliphatic carbocycles. The second kappa shape index (κ2) is 35.7. The molecule has 11 rings (SSSR count). The van der Waals surface area contributed by atoms with E-state index in [1.54, 1.807) is 34.5 Å². The van der Waals surface area contributed by atoms with Crippen molar-refractivity contribution in [2.75, 3.05) is 11.9 Å². The van der Waals surface area contributed by atoms with Gasteiger partial charge in [0.05, 0.1) is 24.5 Å². The van der Waals surface area contributed by atoms with Crippen molar-refractivity contribution in [2.24, 2.45) is 29.6 Å². The van der Waals surface area contributed by atoms with Gasteiger partial charge in [0.2, 0.25) is 5.56 Å². The smallest absolute Gasteiger partial charge is 0.276 e. The molecule has 13 heteroatoms. The Morgan fingerprint density at radius 2 is 1.08 bits per heavy atom. The van der Waals surface area contributed by atoms with Crippen LogP contribution in [-0.4, -0.2) is 47.6 Å². The van der Waals surface area contributed by atoms with Gasteiger partial charge in [0.1, 0.15) is 5.75 Å². The molecule has 3 aliphatic rings. The summed E-state index contributed by atoms with van der Waals surface area (Å²) in [7, 11) is 0. The van der Waals surface area contributed by atoms with E-state index in [0.29, 0.717) is 16.6 Å². The number of hydrogen-bond donors (Lipinski definition) is 5. The van der Waals surface area contributed by atoms with Gasteiger partial charge in [-0.3, -0.25) is 19.2 Å². The van der Waals surface area contributed by atoms with Crippen LogP contribution in [0.25, 0.3) is 38.4 Å². The molecule has 0 spiro atoms. The predicted molar refractivity (Wildman–Crippen MR) is 320 cm³/mol. The molecule has 8 aromatic rings. The fraction of sp³-hybridized carbons (Fsp3) is 0.413. The third kappa shape index (κ3) is 26.7. The summed E-state index contributed by atoms with van der Waals surface area (Å²) in [6.45, 7) is 32.6. The number of ether oxygens (including phenoxy) is 1. The minimum Gasteiger partial charge on any atom is -0.482 e. The summed E-state index contributed by atoms with van der Waals surface area (Å²) in [5.41, 5.74) is 8.66. The van der Waals surface area contributed by atoms with Gasteiger partial charge in [-0.25, -0.2) is 15.1 Å². The summed E-state index contributed by atoms with van der Waals surface area (Å²) in [5, 5.41) is 11.4. The third-order valence-electron chi connectivity index (χ3n) is 9.29. The number of fused-ring (bicyclic) bond motifs is 6. The third-order valence-corrected chi connectivity index (χ3v) is 9.29. The number of nitrogens with zero attached hydrogens (tertiary/aromatic N) is 3. The van der Waals surface area contributed by atoms with E-state index in [2.05, 4.69) is 169 Å². The van der Waals surface area contributed by atoms with Crippen molar-refractivity contribution in [1.29, 1.82) is 0 Å². The molecule has 0 saturated carbocycles. The van der Waals surface area contributed by atoms with Gasteiger partial charge in [-0.05, 0) is 114 Å². The first kappa shape index (κ1) is 64.7. The van der Waals surface area contributed by atoms with Crippen molar-refractivity contribution in [3.8, 4) is 5.75 Å². The number of para-hydroxylation sites is 3. The van der Waals surface area contributed by atoms with Crippen molar-refractivity contribution in [1.82, 2.24) is 35.1 Å². The van der Waals surface area contributed by atoms with E-state index in [9.17, 15) is 19.2 Å². The zero-order valence-corrected chi connectivity index (χ0v) is 48.1. The molecule has 4 aromatic carbocycles. The number of aromatic nitrogens is 7. The van der Waals surface area contributed by atoms with Crippen LogP contribution < -0.4 is 26.7 Å². The van der Waals surface area contributed by atoms with Crippen molar-refractivity contribution < 1.29 is 9.53 Å². The Labute approximate surface area is 451 Å². The quantitative estimate of drug-likeness (QED) is 0.0991. The summed E-state index contributed by atoms with van der Waals surface area (Å²) in [5.74, 6) is 4.82. The maximum absolute atomic E-state index is 11.1. The van der Waals surface area contributed by atoms with Gasteiger partial charge in [0.25, 0.3) is 17.0 Å². The van der Waals surface area contributed by atoms with Crippen LogP contribution in [0.15, 0.2) is 148 Å². The number of H-pyrrole nitrogens is 4. The highest BCUT2D eigenvalue weighted by Crippen LogP contribution is 2.41. The number of anilines is 1. The van der Waals surface area contributed by atoms with Crippen LogP contribution in [0.1, 0.15) is 141 Å². The molecule has 13 nitrogen and oxygen atoms in total. The zero-order valence-electron chi connectivity index (χ0n) is 48.1. The molecule has 4 aromatic heterocycles. The topological polar surface area (TPSA) is 191 Å². The number of carbonyl (C=O) groups is 1. The molecule has 0 unspecified atom stereocenters. The molecular weight excluding hydrogens is 949 g/mol. The zero-order chi connectivity index (χ0) is 56.6. The van der Waals surface area contributed by atoms with Gasteiger partial charge in [-0.2, -0.15) is 5.10 Å². The van der Waals surface area contributed by atoms with Gasteiger partial charge in [-0.15, -0.1) is 0 Å². The Balaban J connectivity index is 0.000000300. The number of nitrogens with one attached hydrogen (secondary N) is 5. The molecule has 5 N–H and O–H groups in total. The lowest BCUT2D eigenvalue weighted by molar-refractivity contribution is -0.118. The first-order valence-electron chi connectivity index (χ1n) is 26.8. The van der Waals surface area contributed by atoms with E-state index in [4.69, 9.17) is 4.74 Å². The van der Waals surface area contributed by atoms with Gasteiger partial charge >= 0.3 is 0 Å². The van der Waals surface area contributed by atoms with Crippen LogP contribution in [0.2, 0.25) is 0 Å². The van der Waals surface area contributed by atoms with Crippen molar-refractivity contribution in [3.63, 3.8) is 0 Å². The summed E-state index contributed by atoms with van der Waals surface area (Å²) >= 11 is 0. The lowest BCUT2D eigenvalue weighted by Crippen LogP contribution is -2.25. The number of allylic oxidation sites excluding steroid dienone is 2. The van der Waals surface area contributed by atoms with E-state index in [1.165, 1.54) is 50.8 Å². The number of aromatic amines is 4. The van der Waals surface area contributed by atoms with Crippen LogP contribution in [0.5, 0.6) is 5.75 Å². The first-order valence-corrected chi connectivity index (χ1v) is 26.8. The Hall–Kier alpha value is -7.41. The van der Waals surface area contributed by atoms with Crippen molar-refractivity contribution in [3.05, 3.63) is 176 Å². The minimum absolute atomic E-state index is 0.0521. The van der Waals surface area contributed by atoms with Crippen molar-refractivity contribution in [2.45, 2.75) is 136 Å². The predicted octanol–water partition coefficient (Wildman–Crippen LogP) is 15.0. The second-order valence-corrected chi connectivity index (χ2v) is 21.6. The monoisotopic (exact) mass is 1040 g/mol. The highest BCUT2D eigenvalue weighted by molar-refractivity contribution is 5.95. The van der Waals surface area contributed by atoms with Crippen LogP contribution >= 0.6 is 0 Å². The Morgan fingerprint density at radius 1 is 0.539 bits per heavy atom. The normalized spacial score (nSPS) is 12.2. The van der Waals surface area contributed by atoms with Gasteiger partial charge in [0, 0.05) is 22.4 Å². The Kier molecular flexibility index (Phi) is 30.4. The number of hydrogen-bond acceptors (Lipinski definition) is 8. The molecule has 0 fully saturated rings. The number of benzene rings is 4. The highest BCUT2D eigenvalue weighted by Gasteiger charge is 2.22. The molecule has 410 valence electrons. The Bertz CT molecular complexity index is 3050. The summed E-state index contributed by atoms with van der Waals surface area (Å²) in [4.78, 5) is 59.0. The molecule has 1 amide bonds. The van der Waals surface area contributed by atoms with Gasteiger partial charge in [0.15, 0.2) is 17.8 Å². The highest BCUT2D eigenvalue weighted by atomic mass is 16.5. The van der Waals surface area contributed by atoms with E-state index in [0.717, 1.165) is 57.3 Å². The first-order chi connectivity index (χ1) is 36.1. The van der Waals surface area contributed by atoms with Crippen LogP contribution in [0, 0.1) is 29.6 Å². The van der Waals surface area contributed by atoms with Gasteiger partial charge in [-0.1, -0.05) is 182 Å². The minimum atomic E-state index is -0.192. The Morgan fingerprint density at radius 3 is 1.71 bits per heavy atom. The molecule has 0 bridgehead atoms. The number of rotatable bonds is 0. The van der Waals surface area contributed by atoms with Crippen LogP contribution in [0.3, 0.4) is 0 Å². The molecule has 0 saturated heterocycles.